The second-order valence-corrected chi connectivity index (χ2v) is 10.2. The van der Waals surface area contributed by atoms with Crippen LogP contribution in [0, 0.1) is 0 Å². The van der Waals surface area contributed by atoms with E-state index in [1.807, 2.05) is 0 Å². The van der Waals surface area contributed by atoms with Crippen molar-refractivity contribution in [2.75, 3.05) is 20.2 Å². The number of carbonyl (C=O) groups is 1. The molecule has 0 spiro atoms. The minimum Gasteiger partial charge on any atom is -0.469 e. The maximum atomic E-state index is 12.8. The van der Waals surface area contributed by atoms with Crippen LogP contribution < -0.4 is 4.72 Å². The van der Waals surface area contributed by atoms with Gasteiger partial charge in [-0.25, -0.2) is 13.1 Å². The molecule has 1 N–H and O–H groups in total. The molecule has 0 aliphatic carbocycles. The molecule has 0 bridgehead atoms. The highest BCUT2D eigenvalue weighted by molar-refractivity contribution is 7.89. The van der Waals surface area contributed by atoms with E-state index >= 15 is 0 Å². The summed E-state index contributed by atoms with van der Waals surface area (Å²) in [5.74, 6) is -0.191. The van der Waals surface area contributed by atoms with Gasteiger partial charge in [-0.15, -0.1) is 0 Å². The number of sulfonamides is 1. The number of methoxy groups -OCH3 is 1. The zero-order chi connectivity index (χ0) is 22.7. The van der Waals surface area contributed by atoms with Gasteiger partial charge < -0.3 is 4.74 Å². The highest BCUT2D eigenvalue weighted by Crippen LogP contribution is 2.23. The van der Waals surface area contributed by atoms with Gasteiger partial charge in [0, 0.05) is 30.1 Å². The van der Waals surface area contributed by atoms with Gasteiger partial charge in [-0.3, -0.25) is 9.69 Å². The van der Waals surface area contributed by atoms with E-state index in [2.05, 4.69) is 33.4 Å². The van der Waals surface area contributed by atoms with E-state index in [1.165, 1.54) is 38.5 Å². The number of likely N-dealkylation sites (tertiary alicyclic amines) is 1. The van der Waals surface area contributed by atoms with Gasteiger partial charge in [-0.05, 0) is 56.5 Å². The average molecular weight is 471 g/mol. The first-order chi connectivity index (χ1) is 14.9. The number of hydrogen-bond acceptors (Lipinski definition) is 5. The van der Waals surface area contributed by atoms with Crippen molar-refractivity contribution in [2.24, 2.45) is 0 Å². The van der Waals surface area contributed by atoms with Gasteiger partial charge in [0.25, 0.3) is 0 Å². The predicted molar refractivity (Wildman–Crippen MR) is 125 cm³/mol. The van der Waals surface area contributed by atoms with Crippen LogP contribution in [0.1, 0.15) is 58.3 Å². The number of ether oxygens (including phenoxy) is 1. The molecule has 1 aliphatic heterocycles. The quantitative estimate of drug-likeness (QED) is 0.260. The largest absolute Gasteiger partial charge is 0.469 e. The third kappa shape index (κ3) is 8.93. The molecular formula is C23H35ClN2O4S. The summed E-state index contributed by atoms with van der Waals surface area (Å²) in [6.07, 6.45) is 11.7. The number of rotatable bonds is 13. The van der Waals surface area contributed by atoms with Crippen LogP contribution in [0.2, 0.25) is 5.02 Å². The van der Waals surface area contributed by atoms with Crippen LogP contribution in [0.5, 0.6) is 0 Å². The molecule has 2 atom stereocenters. The first kappa shape index (κ1) is 25.8. The van der Waals surface area contributed by atoms with E-state index in [-0.39, 0.29) is 22.9 Å². The van der Waals surface area contributed by atoms with Gasteiger partial charge in [0.15, 0.2) is 0 Å². The van der Waals surface area contributed by atoms with Crippen LogP contribution in [0.15, 0.2) is 41.3 Å². The van der Waals surface area contributed by atoms with E-state index in [1.54, 1.807) is 12.1 Å². The number of halogens is 1. The van der Waals surface area contributed by atoms with Gasteiger partial charge in [0.2, 0.25) is 10.0 Å². The highest BCUT2D eigenvalue weighted by atomic mass is 35.5. The van der Waals surface area contributed by atoms with Crippen molar-refractivity contribution in [2.45, 2.75) is 75.3 Å². The van der Waals surface area contributed by atoms with Crippen LogP contribution in [-0.4, -0.2) is 51.6 Å². The molecule has 1 saturated heterocycles. The first-order valence-electron chi connectivity index (χ1n) is 11.1. The second kappa shape index (κ2) is 13.2. The molecule has 8 heteroatoms. The van der Waals surface area contributed by atoms with Crippen LogP contribution in [0.4, 0.5) is 0 Å². The lowest BCUT2D eigenvalue weighted by Gasteiger charge is -2.21. The zero-order valence-corrected chi connectivity index (χ0v) is 20.1. The van der Waals surface area contributed by atoms with Gasteiger partial charge in [-0.1, -0.05) is 49.9 Å². The number of esters is 1. The average Bonchev–Trinajstić information content (AvgIpc) is 3.11. The molecule has 0 radical (unpaired) electrons. The Balaban J connectivity index is 1.96. The topological polar surface area (TPSA) is 75.7 Å². The van der Waals surface area contributed by atoms with Gasteiger partial charge >= 0.3 is 5.97 Å². The van der Waals surface area contributed by atoms with Crippen molar-refractivity contribution in [1.82, 2.24) is 9.62 Å². The third-order valence-electron chi connectivity index (χ3n) is 5.53. The fourth-order valence-corrected chi connectivity index (χ4v) is 5.20. The Kier molecular flexibility index (Phi) is 11.0. The second-order valence-electron chi connectivity index (χ2n) is 8.03. The van der Waals surface area contributed by atoms with Crippen molar-refractivity contribution in [3.05, 3.63) is 41.4 Å². The molecule has 1 aliphatic rings. The molecular weight excluding hydrogens is 436 g/mol. The molecule has 6 nitrogen and oxygen atoms in total. The summed E-state index contributed by atoms with van der Waals surface area (Å²) in [5, 5.41) is 0.510. The minimum atomic E-state index is -3.59. The number of nitrogens with zero attached hydrogens (tertiary/aromatic N) is 1. The Labute approximate surface area is 192 Å². The Morgan fingerprint density at radius 3 is 2.65 bits per heavy atom. The highest BCUT2D eigenvalue weighted by Gasteiger charge is 2.32. The molecule has 0 amide bonds. The van der Waals surface area contributed by atoms with Crippen LogP contribution >= 0.6 is 11.6 Å². The molecule has 0 unspecified atom stereocenters. The van der Waals surface area contributed by atoms with Crippen molar-refractivity contribution in [3.63, 3.8) is 0 Å². The number of benzene rings is 1. The normalized spacial score (nSPS) is 19.8. The number of unbranched alkanes of at least 4 members (excludes halogenated alkanes) is 4. The van der Waals surface area contributed by atoms with E-state index in [9.17, 15) is 13.2 Å². The molecule has 31 heavy (non-hydrogen) atoms. The maximum absolute atomic E-state index is 12.8. The summed E-state index contributed by atoms with van der Waals surface area (Å²) < 4.78 is 33.1. The van der Waals surface area contributed by atoms with Crippen LogP contribution in [0.3, 0.4) is 0 Å². The number of allylic oxidation sites excluding steroid dienone is 1. The molecule has 1 aromatic carbocycles. The molecule has 2 rings (SSSR count). The van der Waals surface area contributed by atoms with E-state index in [4.69, 9.17) is 11.6 Å². The van der Waals surface area contributed by atoms with Crippen molar-refractivity contribution < 1.29 is 17.9 Å². The molecule has 1 heterocycles. The predicted octanol–water partition coefficient (Wildman–Crippen LogP) is 4.54. The zero-order valence-electron chi connectivity index (χ0n) is 18.6. The monoisotopic (exact) mass is 470 g/mol. The van der Waals surface area contributed by atoms with Crippen LogP contribution in [-0.2, 0) is 19.6 Å². The summed E-state index contributed by atoms with van der Waals surface area (Å²) in [5.41, 5.74) is 0. The fourth-order valence-electron chi connectivity index (χ4n) is 3.84. The van der Waals surface area contributed by atoms with Crippen molar-refractivity contribution in [3.8, 4) is 0 Å². The van der Waals surface area contributed by atoms with Gasteiger partial charge in [0.05, 0.1) is 12.0 Å². The maximum Gasteiger partial charge on any atom is 0.305 e. The lowest BCUT2D eigenvalue weighted by Crippen LogP contribution is -2.37. The first-order valence-corrected chi connectivity index (χ1v) is 13.0. The molecule has 1 fully saturated rings. The lowest BCUT2D eigenvalue weighted by molar-refractivity contribution is -0.140. The SMILES string of the molecule is CCCCCCN1C[C@H](NS(=O)(=O)c2ccc(Cl)cc2)C[C@H]1/C=C\CCCC(=O)OC. The molecule has 174 valence electrons. The Morgan fingerprint density at radius 2 is 1.97 bits per heavy atom. The van der Waals surface area contributed by atoms with Gasteiger partial charge in [-0.2, -0.15) is 0 Å². The van der Waals surface area contributed by atoms with Crippen molar-refractivity contribution >= 4 is 27.6 Å². The summed E-state index contributed by atoms with van der Waals surface area (Å²) in [7, 11) is -2.19. The standard InChI is InChI=1S/C23H35ClN2O4S/c1-3-4-5-9-16-26-18-20(17-21(26)10-7-6-8-11-23(27)30-2)25-31(28,29)22-14-12-19(24)13-15-22/h7,10,12-15,20-21,25H,3-6,8-9,11,16-18H2,1-2H3/b10-7-/t20-,21-/m1/s1. The molecule has 0 saturated carbocycles. The third-order valence-corrected chi connectivity index (χ3v) is 7.32. The van der Waals surface area contributed by atoms with E-state index < -0.39 is 10.0 Å². The Bertz CT molecular complexity index is 811. The fraction of sp³-hybridized carbons (Fsp3) is 0.609. The minimum absolute atomic E-state index is 0.142. The summed E-state index contributed by atoms with van der Waals surface area (Å²) in [6.45, 7) is 3.84. The lowest BCUT2D eigenvalue weighted by atomic mass is 10.1. The summed E-state index contributed by atoms with van der Waals surface area (Å²) in [4.78, 5) is 13.8. The van der Waals surface area contributed by atoms with E-state index in [0.717, 1.165) is 32.2 Å². The molecule has 1 aromatic rings. The number of carbonyl (C=O) groups excluding carboxylic acids is 1. The summed E-state index contributed by atoms with van der Waals surface area (Å²) in [6, 6.07) is 6.28. The number of hydrogen-bond donors (Lipinski definition) is 1. The Hall–Kier alpha value is -1.41. The van der Waals surface area contributed by atoms with Crippen molar-refractivity contribution in [1.29, 1.82) is 0 Å². The van der Waals surface area contributed by atoms with E-state index in [0.29, 0.717) is 18.0 Å². The van der Waals surface area contributed by atoms with Crippen LogP contribution in [0.25, 0.3) is 0 Å². The summed E-state index contributed by atoms with van der Waals surface area (Å²) >= 11 is 5.88. The van der Waals surface area contributed by atoms with Gasteiger partial charge in [0.1, 0.15) is 0 Å². The molecule has 0 aromatic heterocycles. The Morgan fingerprint density at radius 1 is 1.23 bits per heavy atom. The number of nitrogens with one attached hydrogen (secondary N) is 1. The smallest absolute Gasteiger partial charge is 0.305 e.